The third-order valence-electron chi connectivity index (χ3n) is 2.99. The standard InChI is InChI=1S/C13H11N3/c14-7-9-1-3-10-5-12-8-15-16-13(12)6-11(10)4-2-9/h1-6,12,15-16H,8H2. The molecule has 1 atom stereocenters. The van der Waals surface area contributed by atoms with Crippen LogP contribution in [0.4, 0.5) is 0 Å². The Morgan fingerprint density at radius 3 is 3.06 bits per heavy atom. The van der Waals surface area contributed by atoms with E-state index in [-0.39, 0.29) is 0 Å². The van der Waals surface area contributed by atoms with Crippen molar-refractivity contribution >= 4 is 0 Å². The van der Waals surface area contributed by atoms with E-state index >= 15 is 0 Å². The first-order chi connectivity index (χ1) is 7.86. The molecule has 0 bridgehead atoms. The van der Waals surface area contributed by atoms with Crippen molar-refractivity contribution in [2.45, 2.75) is 0 Å². The summed E-state index contributed by atoms with van der Waals surface area (Å²) in [6.07, 6.45) is 12.1. The molecule has 0 amide bonds. The largest absolute Gasteiger partial charge is 0.325 e. The molecule has 16 heavy (non-hydrogen) atoms. The molecule has 0 spiro atoms. The number of allylic oxidation sites excluding steroid dienone is 8. The van der Waals surface area contributed by atoms with E-state index in [4.69, 9.17) is 5.26 Å². The Balaban J connectivity index is 2.05. The third-order valence-corrected chi connectivity index (χ3v) is 2.99. The van der Waals surface area contributed by atoms with Gasteiger partial charge in [-0.3, -0.25) is 0 Å². The summed E-state index contributed by atoms with van der Waals surface area (Å²) >= 11 is 0. The Morgan fingerprint density at radius 1 is 1.25 bits per heavy atom. The summed E-state index contributed by atoms with van der Waals surface area (Å²) < 4.78 is 0. The fraction of sp³-hybridized carbons (Fsp3) is 0.154. The number of nitrogens with zero attached hydrogens (tertiary/aromatic N) is 1. The van der Waals surface area contributed by atoms with Gasteiger partial charge in [-0.1, -0.05) is 18.2 Å². The Labute approximate surface area is 94.1 Å². The quantitative estimate of drug-likeness (QED) is 0.635. The van der Waals surface area contributed by atoms with Gasteiger partial charge in [0.1, 0.15) is 0 Å². The molecule has 0 aromatic heterocycles. The van der Waals surface area contributed by atoms with Crippen LogP contribution in [0.2, 0.25) is 0 Å². The molecule has 78 valence electrons. The lowest BCUT2D eigenvalue weighted by Crippen LogP contribution is -2.20. The van der Waals surface area contributed by atoms with Crippen molar-refractivity contribution in [3.63, 3.8) is 0 Å². The maximum Gasteiger partial charge on any atom is 0.0991 e. The van der Waals surface area contributed by atoms with Crippen LogP contribution in [0.1, 0.15) is 0 Å². The SMILES string of the molecule is N#CC1=CC=C2C=C3NNCC3C=C2C=C1. The lowest BCUT2D eigenvalue weighted by atomic mass is 9.91. The van der Waals surface area contributed by atoms with Crippen molar-refractivity contribution in [1.82, 2.24) is 10.9 Å². The van der Waals surface area contributed by atoms with E-state index in [0.717, 1.165) is 12.1 Å². The first kappa shape index (κ1) is 9.20. The molecule has 0 radical (unpaired) electrons. The summed E-state index contributed by atoms with van der Waals surface area (Å²) in [5, 5.41) is 8.85. The Hall–Kier alpha value is -2.05. The van der Waals surface area contributed by atoms with Gasteiger partial charge in [-0.05, 0) is 29.4 Å². The lowest BCUT2D eigenvalue weighted by molar-refractivity contribution is 0.707. The highest BCUT2D eigenvalue weighted by atomic mass is 15.4. The number of fused-ring (bicyclic) bond motifs is 2. The normalized spacial score (nSPS) is 26.1. The highest BCUT2D eigenvalue weighted by Gasteiger charge is 2.23. The van der Waals surface area contributed by atoms with Crippen LogP contribution in [0.3, 0.4) is 0 Å². The summed E-state index contributed by atoms with van der Waals surface area (Å²) in [6.45, 7) is 0.926. The average molecular weight is 209 g/mol. The second-order valence-corrected chi connectivity index (χ2v) is 4.02. The second-order valence-electron chi connectivity index (χ2n) is 4.02. The molecule has 1 saturated heterocycles. The maximum absolute atomic E-state index is 8.85. The van der Waals surface area contributed by atoms with Crippen LogP contribution in [0, 0.1) is 17.2 Å². The van der Waals surface area contributed by atoms with Gasteiger partial charge in [-0.2, -0.15) is 5.26 Å². The van der Waals surface area contributed by atoms with E-state index in [1.54, 1.807) is 0 Å². The van der Waals surface area contributed by atoms with Crippen LogP contribution in [0.15, 0.2) is 58.9 Å². The molecule has 3 aliphatic rings. The number of nitriles is 1. The number of nitrogens with one attached hydrogen (secondary N) is 2. The van der Waals surface area contributed by atoms with Gasteiger partial charge in [0.05, 0.1) is 11.6 Å². The van der Waals surface area contributed by atoms with Crippen LogP contribution in [0.25, 0.3) is 0 Å². The molecule has 1 unspecified atom stereocenters. The molecule has 2 N–H and O–H groups in total. The van der Waals surface area contributed by atoms with Crippen molar-refractivity contribution in [3.8, 4) is 6.07 Å². The van der Waals surface area contributed by atoms with E-state index in [1.165, 1.54) is 11.3 Å². The van der Waals surface area contributed by atoms with E-state index in [2.05, 4.69) is 29.1 Å². The Kier molecular flexibility index (Phi) is 2.02. The molecule has 1 heterocycles. The summed E-state index contributed by atoms with van der Waals surface area (Å²) in [6, 6.07) is 2.16. The lowest BCUT2D eigenvalue weighted by Gasteiger charge is -2.15. The third kappa shape index (κ3) is 1.40. The van der Waals surface area contributed by atoms with Crippen LogP contribution >= 0.6 is 0 Å². The first-order valence-corrected chi connectivity index (χ1v) is 5.29. The summed E-state index contributed by atoms with van der Waals surface area (Å²) in [5.74, 6) is 0.431. The molecule has 3 rings (SSSR count). The molecule has 0 saturated carbocycles. The predicted molar refractivity (Wildman–Crippen MR) is 61.7 cm³/mol. The second kappa shape index (κ2) is 3.51. The van der Waals surface area contributed by atoms with Crippen molar-refractivity contribution < 1.29 is 0 Å². The van der Waals surface area contributed by atoms with Crippen molar-refractivity contribution in [3.05, 3.63) is 58.9 Å². The molecule has 0 aromatic carbocycles. The Bertz CT molecular complexity index is 524. The molecular weight excluding hydrogens is 198 g/mol. The van der Waals surface area contributed by atoms with Crippen LogP contribution in [-0.2, 0) is 0 Å². The van der Waals surface area contributed by atoms with Gasteiger partial charge in [0.15, 0.2) is 0 Å². The zero-order chi connectivity index (χ0) is 11.0. The van der Waals surface area contributed by atoms with Gasteiger partial charge in [0.25, 0.3) is 0 Å². The topological polar surface area (TPSA) is 47.9 Å². The molecular formula is C13H11N3. The van der Waals surface area contributed by atoms with Gasteiger partial charge in [0.2, 0.25) is 0 Å². The summed E-state index contributed by atoms with van der Waals surface area (Å²) in [5.41, 5.74) is 10.5. The zero-order valence-electron chi connectivity index (χ0n) is 8.70. The highest BCUT2D eigenvalue weighted by Crippen LogP contribution is 2.29. The zero-order valence-corrected chi connectivity index (χ0v) is 8.70. The summed E-state index contributed by atoms with van der Waals surface area (Å²) in [4.78, 5) is 0. The first-order valence-electron chi connectivity index (χ1n) is 5.29. The molecule has 2 aliphatic carbocycles. The van der Waals surface area contributed by atoms with Crippen LogP contribution < -0.4 is 10.9 Å². The average Bonchev–Trinajstić information content (AvgIpc) is 2.66. The van der Waals surface area contributed by atoms with Crippen LogP contribution in [0.5, 0.6) is 0 Å². The van der Waals surface area contributed by atoms with E-state index in [9.17, 15) is 0 Å². The van der Waals surface area contributed by atoms with Gasteiger partial charge < -0.3 is 5.43 Å². The molecule has 1 aliphatic heterocycles. The fourth-order valence-corrected chi connectivity index (χ4v) is 2.11. The van der Waals surface area contributed by atoms with Crippen molar-refractivity contribution in [2.75, 3.05) is 6.54 Å². The predicted octanol–water partition coefficient (Wildman–Crippen LogP) is 1.48. The minimum absolute atomic E-state index is 0.431. The Morgan fingerprint density at radius 2 is 2.19 bits per heavy atom. The van der Waals surface area contributed by atoms with E-state index in [0.29, 0.717) is 11.5 Å². The maximum atomic E-state index is 8.85. The molecule has 0 aromatic rings. The smallest absolute Gasteiger partial charge is 0.0991 e. The number of hydrogen-bond acceptors (Lipinski definition) is 3. The van der Waals surface area contributed by atoms with Gasteiger partial charge in [-0.25, -0.2) is 5.43 Å². The van der Waals surface area contributed by atoms with Crippen molar-refractivity contribution in [2.24, 2.45) is 5.92 Å². The van der Waals surface area contributed by atoms with Crippen LogP contribution in [-0.4, -0.2) is 6.54 Å². The molecule has 1 fully saturated rings. The molecule has 3 nitrogen and oxygen atoms in total. The minimum Gasteiger partial charge on any atom is -0.325 e. The fourth-order valence-electron chi connectivity index (χ4n) is 2.11. The van der Waals surface area contributed by atoms with Gasteiger partial charge >= 0.3 is 0 Å². The number of hydrazine groups is 1. The minimum atomic E-state index is 0.431. The monoisotopic (exact) mass is 209 g/mol. The van der Waals surface area contributed by atoms with E-state index < -0.39 is 0 Å². The van der Waals surface area contributed by atoms with Gasteiger partial charge in [0, 0.05) is 18.2 Å². The summed E-state index contributed by atoms with van der Waals surface area (Å²) in [7, 11) is 0. The molecule has 3 heteroatoms. The van der Waals surface area contributed by atoms with Gasteiger partial charge in [-0.15, -0.1) is 0 Å². The highest BCUT2D eigenvalue weighted by molar-refractivity contribution is 5.58. The number of hydrogen-bond donors (Lipinski definition) is 2. The van der Waals surface area contributed by atoms with Crippen molar-refractivity contribution in [1.29, 1.82) is 5.26 Å². The number of rotatable bonds is 0. The van der Waals surface area contributed by atoms with E-state index in [1.807, 2.05) is 24.3 Å².